The van der Waals surface area contributed by atoms with Crippen LogP contribution in [-0.2, 0) is 14.2 Å². The average Bonchev–Trinajstić information content (AvgIpc) is 2.41. The Morgan fingerprint density at radius 1 is 1.20 bits per heavy atom. The molecular weight excluding hydrogens is 278 g/mol. The van der Waals surface area contributed by atoms with Crippen molar-refractivity contribution in [3.05, 3.63) is 34.9 Å². The average molecular weight is 302 g/mol. The van der Waals surface area contributed by atoms with Crippen molar-refractivity contribution in [3.63, 3.8) is 0 Å². The predicted molar refractivity (Wildman–Crippen MR) is 81.1 cm³/mol. The molecule has 0 saturated heterocycles. The van der Waals surface area contributed by atoms with Gasteiger partial charge >= 0.3 is 0 Å². The van der Waals surface area contributed by atoms with E-state index >= 15 is 0 Å². The Labute approximate surface area is 126 Å². The van der Waals surface area contributed by atoms with E-state index in [0.717, 1.165) is 12.0 Å². The molecule has 0 fully saturated rings. The summed E-state index contributed by atoms with van der Waals surface area (Å²) in [6, 6.07) is 7.48. The van der Waals surface area contributed by atoms with E-state index in [9.17, 15) is 0 Å². The Morgan fingerprint density at radius 3 is 2.65 bits per heavy atom. The van der Waals surface area contributed by atoms with E-state index in [-0.39, 0.29) is 12.1 Å². The standard InChI is InChI=1S/C15H24ClNO3/c1-12(17)15(13-5-3-6-14(16)11-13)20-10-9-19-8-4-7-18-2/h3,5-6,11-12,15H,4,7-10,17H2,1-2H3. The maximum absolute atomic E-state index is 5.99. The molecule has 2 unspecified atom stereocenters. The van der Waals surface area contributed by atoms with Crippen molar-refractivity contribution in [1.29, 1.82) is 0 Å². The van der Waals surface area contributed by atoms with Gasteiger partial charge in [0.1, 0.15) is 0 Å². The second kappa shape index (κ2) is 10.1. The van der Waals surface area contributed by atoms with E-state index in [0.29, 0.717) is 31.5 Å². The van der Waals surface area contributed by atoms with E-state index in [1.807, 2.05) is 31.2 Å². The number of hydrogen-bond acceptors (Lipinski definition) is 4. The Morgan fingerprint density at radius 2 is 2.00 bits per heavy atom. The molecule has 0 aromatic heterocycles. The fraction of sp³-hybridized carbons (Fsp3) is 0.600. The van der Waals surface area contributed by atoms with Crippen molar-refractivity contribution in [2.75, 3.05) is 33.5 Å². The third kappa shape index (κ3) is 6.68. The van der Waals surface area contributed by atoms with Crippen LogP contribution in [0.5, 0.6) is 0 Å². The molecule has 114 valence electrons. The summed E-state index contributed by atoms with van der Waals surface area (Å²) >= 11 is 5.99. The minimum Gasteiger partial charge on any atom is -0.385 e. The summed E-state index contributed by atoms with van der Waals surface area (Å²) in [5.74, 6) is 0. The van der Waals surface area contributed by atoms with Gasteiger partial charge in [0.05, 0.1) is 19.3 Å². The molecule has 0 aliphatic carbocycles. The van der Waals surface area contributed by atoms with Crippen molar-refractivity contribution in [3.8, 4) is 0 Å². The van der Waals surface area contributed by atoms with Gasteiger partial charge < -0.3 is 19.9 Å². The zero-order chi connectivity index (χ0) is 14.8. The SMILES string of the molecule is COCCCOCCOC(c1cccc(Cl)c1)C(C)N. The van der Waals surface area contributed by atoms with Crippen LogP contribution in [0.15, 0.2) is 24.3 Å². The molecule has 5 heteroatoms. The van der Waals surface area contributed by atoms with Crippen LogP contribution in [0.4, 0.5) is 0 Å². The molecule has 0 heterocycles. The molecule has 0 amide bonds. The number of methoxy groups -OCH3 is 1. The van der Waals surface area contributed by atoms with E-state index in [1.54, 1.807) is 7.11 Å². The van der Waals surface area contributed by atoms with Crippen LogP contribution in [0.2, 0.25) is 5.02 Å². The topological polar surface area (TPSA) is 53.7 Å². The fourth-order valence-electron chi connectivity index (χ4n) is 1.88. The summed E-state index contributed by atoms with van der Waals surface area (Å²) < 4.78 is 16.2. The number of ether oxygens (including phenoxy) is 3. The van der Waals surface area contributed by atoms with Gasteiger partial charge in [-0.05, 0) is 31.0 Å². The first-order valence-electron chi connectivity index (χ1n) is 6.84. The molecule has 1 aromatic rings. The third-order valence-electron chi connectivity index (χ3n) is 2.82. The summed E-state index contributed by atoms with van der Waals surface area (Å²) in [6.45, 7) is 4.37. The monoisotopic (exact) mass is 301 g/mol. The van der Waals surface area contributed by atoms with E-state index in [1.165, 1.54) is 0 Å². The lowest BCUT2D eigenvalue weighted by Gasteiger charge is -2.22. The van der Waals surface area contributed by atoms with Gasteiger partial charge in [-0.2, -0.15) is 0 Å². The number of nitrogens with two attached hydrogens (primary N) is 1. The van der Waals surface area contributed by atoms with Gasteiger partial charge in [-0.15, -0.1) is 0 Å². The van der Waals surface area contributed by atoms with Crippen LogP contribution in [0, 0.1) is 0 Å². The van der Waals surface area contributed by atoms with Crippen LogP contribution < -0.4 is 5.73 Å². The highest BCUT2D eigenvalue weighted by Crippen LogP contribution is 2.23. The lowest BCUT2D eigenvalue weighted by molar-refractivity contribution is -0.00763. The first kappa shape index (κ1) is 17.4. The second-order valence-electron chi connectivity index (χ2n) is 4.66. The van der Waals surface area contributed by atoms with Crippen LogP contribution in [0.3, 0.4) is 0 Å². The van der Waals surface area contributed by atoms with Crippen LogP contribution in [0.25, 0.3) is 0 Å². The molecule has 2 N–H and O–H groups in total. The van der Waals surface area contributed by atoms with Crippen LogP contribution >= 0.6 is 11.6 Å². The van der Waals surface area contributed by atoms with Gasteiger partial charge in [0.2, 0.25) is 0 Å². The Kier molecular flexibility index (Phi) is 8.82. The molecule has 0 bridgehead atoms. The number of hydrogen-bond donors (Lipinski definition) is 1. The Bertz CT molecular complexity index is 374. The highest BCUT2D eigenvalue weighted by atomic mass is 35.5. The molecular formula is C15H24ClNO3. The van der Waals surface area contributed by atoms with Crippen LogP contribution in [0.1, 0.15) is 25.0 Å². The van der Waals surface area contributed by atoms with Crippen molar-refractivity contribution >= 4 is 11.6 Å². The van der Waals surface area contributed by atoms with Crippen LogP contribution in [-0.4, -0.2) is 39.6 Å². The molecule has 2 atom stereocenters. The lowest BCUT2D eigenvalue weighted by atomic mass is 10.0. The van der Waals surface area contributed by atoms with E-state index in [4.69, 9.17) is 31.5 Å². The molecule has 0 spiro atoms. The molecule has 20 heavy (non-hydrogen) atoms. The van der Waals surface area contributed by atoms with Gasteiger partial charge in [-0.3, -0.25) is 0 Å². The summed E-state index contributed by atoms with van der Waals surface area (Å²) in [4.78, 5) is 0. The minimum absolute atomic E-state index is 0.109. The highest BCUT2D eigenvalue weighted by molar-refractivity contribution is 6.30. The molecule has 1 rings (SSSR count). The Hall–Kier alpha value is -0.650. The second-order valence-corrected chi connectivity index (χ2v) is 5.10. The number of rotatable bonds is 10. The largest absolute Gasteiger partial charge is 0.385 e. The van der Waals surface area contributed by atoms with E-state index < -0.39 is 0 Å². The van der Waals surface area contributed by atoms with Gasteiger partial charge in [-0.1, -0.05) is 23.7 Å². The number of benzene rings is 1. The van der Waals surface area contributed by atoms with Gasteiger partial charge in [0.25, 0.3) is 0 Å². The molecule has 0 radical (unpaired) electrons. The number of halogens is 1. The molecule has 0 saturated carbocycles. The summed E-state index contributed by atoms with van der Waals surface area (Å²) in [7, 11) is 1.68. The van der Waals surface area contributed by atoms with Gasteiger partial charge in [0.15, 0.2) is 0 Å². The normalized spacial score (nSPS) is 14.2. The summed E-state index contributed by atoms with van der Waals surface area (Å²) in [6.07, 6.45) is 0.720. The van der Waals surface area contributed by atoms with Crippen molar-refractivity contribution in [1.82, 2.24) is 0 Å². The smallest absolute Gasteiger partial charge is 0.0974 e. The van der Waals surface area contributed by atoms with Gasteiger partial charge in [0, 0.05) is 31.4 Å². The summed E-state index contributed by atoms with van der Waals surface area (Å²) in [5, 5.41) is 0.688. The summed E-state index contributed by atoms with van der Waals surface area (Å²) in [5.41, 5.74) is 6.97. The van der Waals surface area contributed by atoms with Crippen molar-refractivity contribution in [2.24, 2.45) is 5.73 Å². The lowest BCUT2D eigenvalue weighted by Crippen LogP contribution is -2.28. The first-order valence-corrected chi connectivity index (χ1v) is 7.22. The van der Waals surface area contributed by atoms with E-state index in [2.05, 4.69) is 0 Å². The fourth-order valence-corrected chi connectivity index (χ4v) is 2.08. The highest BCUT2D eigenvalue weighted by Gasteiger charge is 2.16. The third-order valence-corrected chi connectivity index (χ3v) is 3.05. The quantitative estimate of drug-likeness (QED) is 0.675. The van der Waals surface area contributed by atoms with Crippen molar-refractivity contribution in [2.45, 2.75) is 25.5 Å². The zero-order valence-corrected chi connectivity index (χ0v) is 12.9. The maximum atomic E-state index is 5.99. The maximum Gasteiger partial charge on any atom is 0.0974 e. The zero-order valence-electron chi connectivity index (χ0n) is 12.2. The molecule has 0 aliphatic heterocycles. The molecule has 0 aliphatic rings. The minimum atomic E-state index is -0.170. The Balaban J connectivity index is 2.33. The molecule has 4 nitrogen and oxygen atoms in total. The van der Waals surface area contributed by atoms with Crippen molar-refractivity contribution < 1.29 is 14.2 Å². The predicted octanol–water partition coefficient (Wildman–Crippen LogP) is 2.80. The first-order chi connectivity index (χ1) is 9.65. The molecule has 1 aromatic carbocycles. The van der Waals surface area contributed by atoms with Gasteiger partial charge in [-0.25, -0.2) is 0 Å².